The average molecular weight is 222 g/mol. The quantitative estimate of drug-likeness (QED) is 0.562. The molecule has 0 aliphatic rings. The van der Waals surface area contributed by atoms with E-state index in [-0.39, 0.29) is 5.78 Å². The molecule has 0 fully saturated rings. The third-order valence-electron chi connectivity index (χ3n) is 2.62. The van der Waals surface area contributed by atoms with Crippen molar-refractivity contribution in [2.45, 2.75) is 6.42 Å². The summed E-state index contributed by atoms with van der Waals surface area (Å²) in [6.07, 6.45) is 2.02. The number of carbonyl (C=O) groups is 1. The van der Waals surface area contributed by atoms with E-state index in [1.807, 2.05) is 54.6 Å². The van der Waals surface area contributed by atoms with Gasteiger partial charge in [0, 0.05) is 12.0 Å². The highest BCUT2D eigenvalue weighted by Crippen LogP contribution is 2.20. The van der Waals surface area contributed by atoms with Gasteiger partial charge >= 0.3 is 0 Å². The molecule has 0 unspecified atom stereocenters. The first-order valence-electron chi connectivity index (χ1n) is 5.61. The maximum absolute atomic E-state index is 11.8. The number of allylic oxidation sites excluding steroid dienone is 1. The Labute approximate surface area is 101 Å². The minimum Gasteiger partial charge on any atom is -0.294 e. The van der Waals surface area contributed by atoms with Crippen LogP contribution in [-0.4, -0.2) is 5.78 Å². The molecule has 2 rings (SSSR count). The molecule has 0 aliphatic heterocycles. The minimum absolute atomic E-state index is 0.109. The molecule has 1 heteroatoms. The van der Waals surface area contributed by atoms with Crippen LogP contribution in [0.25, 0.3) is 11.1 Å². The summed E-state index contributed by atoms with van der Waals surface area (Å²) < 4.78 is 0. The zero-order valence-electron chi connectivity index (χ0n) is 9.60. The lowest BCUT2D eigenvalue weighted by molar-refractivity contribution is 0.0996. The van der Waals surface area contributed by atoms with E-state index in [2.05, 4.69) is 6.58 Å². The maximum Gasteiger partial charge on any atom is 0.166 e. The molecule has 0 aromatic heterocycles. The molecule has 0 atom stereocenters. The van der Waals surface area contributed by atoms with E-state index in [1.165, 1.54) is 0 Å². The van der Waals surface area contributed by atoms with Crippen LogP contribution >= 0.6 is 0 Å². The Balaban J connectivity index is 2.35. The van der Waals surface area contributed by atoms with Crippen LogP contribution in [0.4, 0.5) is 0 Å². The van der Waals surface area contributed by atoms with Crippen molar-refractivity contribution in [3.05, 3.63) is 72.8 Å². The van der Waals surface area contributed by atoms with Crippen LogP contribution in [-0.2, 0) is 0 Å². The zero-order chi connectivity index (χ0) is 12.1. The van der Waals surface area contributed by atoms with Crippen molar-refractivity contribution in [3.8, 4) is 11.1 Å². The first kappa shape index (κ1) is 11.3. The van der Waals surface area contributed by atoms with Gasteiger partial charge in [-0.15, -0.1) is 6.58 Å². The molecule has 0 saturated carbocycles. The molecule has 84 valence electrons. The van der Waals surface area contributed by atoms with Gasteiger partial charge in [-0.3, -0.25) is 4.79 Å². The summed E-state index contributed by atoms with van der Waals surface area (Å²) in [6, 6.07) is 17.8. The molecular formula is C16H14O. The Kier molecular flexibility index (Phi) is 3.51. The highest BCUT2D eigenvalue weighted by molar-refractivity contribution is 5.98. The first-order valence-corrected chi connectivity index (χ1v) is 5.61. The monoisotopic (exact) mass is 222 g/mol. The second-order valence-electron chi connectivity index (χ2n) is 3.86. The number of hydrogen-bond acceptors (Lipinski definition) is 1. The van der Waals surface area contributed by atoms with Crippen LogP contribution in [0, 0.1) is 0 Å². The summed E-state index contributed by atoms with van der Waals surface area (Å²) in [7, 11) is 0. The first-order chi connectivity index (χ1) is 8.31. The topological polar surface area (TPSA) is 17.1 Å². The van der Waals surface area contributed by atoms with Crippen molar-refractivity contribution >= 4 is 5.78 Å². The van der Waals surface area contributed by atoms with Crippen LogP contribution in [0.2, 0.25) is 0 Å². The Morgan fingerprint density at radius 2 is 1.71 bits per heavy atom. The van der Waals surface area contributed by atoms with E-state index < -0.39 is 0 Å². The average Bonchev–Trinajstić information content (AvgIpc) is 2.40. The number of ketones is 1. The highest BCUT2D eigenvalue weighted by atomic mass is 16.1. The van der Waals surface area contributed by atoms with Crippen molar-refractivity contribution < 1.29 is 4.79 Å². The summed E-state index contributed by atoms with van der Waals surface area (Å²) in [5.74, 6) is 0.109. The van der Waals surface area contributed by atoms with E-state index in [0.717, 1.165) is 16.7 Å². The van der Waals surface area contributed by atoms with Gasteiger partial charge in [-0.05, 0) is 17.2 Å². The fourth-order valence-corrected chi connectivity index (χ4v) is 1.75. The van der Waals surface area contributed by atoms with Gasteiger partial charge in [0.15, 0.2) is 5.78 Å². The molecule has 0 heterocycles. The molecule has 0 radical (unpaired) electrons. The number of Topliss-reactive ketones (excluding diaryl/α,β-unsaturated/α-hetero) is 1. The Morgan fingerprint density at radius 3 is 2.41 bits per heavy atom. The zero-order valence-corrected chi connectivity index (χ0v) is 9.60. The molecule has 0 spiro atoms. The standard InChI is InChI=1S/C16H14O/c1-2-7-16(17)15-11-6-10-14(12-15)13-8-4-3-5-9-13/h2-6,8-12H,1,7H2. The van der Waals surface area contributed by atoms with Gasteiger partial charge in [-0.25, -0.2) is 0 Å². The molecule has 2 aromatic rings. The van der Waals surface area contributed by atoms with Crippen LogP contribution in [0.3, 0.4) is 0 Å². The highest BCUT2D eigenvalue weighted by Gasteiger charge is 2.05. The summed E-state index contributed by atoms with van der Waals surface area (Å²) in [4.78, 5) is 11.8. The van der Waals surface area contributed by atoms with Gasteiger partial charge in [0.2, 0.25) is 0 Å². The van der Waals surface area contributed by atoms with Crippen molar-refractivity contribution in [2.24, 2.45) is 0 Å². The second kappa shape index (κ2) is 5.26. The second-order valence-corrected chi connectivity index (χ2v) is 3.86. The number of hydrogen-bond donors (Lipinski definition) is 0. The van der Waals surface area contributed by atoms with E-state index >= 15 is 0 Å². The third kappa shape index (κ3) is 2.70. The molecule has 0 N–H and O–H groups in total. The van der Waals surface area contributed by atoms with Gasteiger partial charge in [-0.1, -0.05) is 54.6 Å². The number of benzene rings is 2. The Bertz CT molecular complexity index is 526. The van der Waals surface area contributed by atoms with Gasteiger partial charge in [0.05, 0.1) is 0 Å². The summed E-state index contributed by atoms with van der Waals surface area (Å²) in [5.41, 5.74) is 2.94. The van der Waals surface area contributed by atoms with E-state index in [0.29, 0.717) is 6.42 Å². The summed E-state index contributed by atoms with van der Waals surface area (Å²) >= 11 is 0. The van der Waals surface area contributed by atoms with Crippen LogP contribution in [0.1, 0.15) is 16.8 Å². The normalized spacial score (nSPS) is 9.88. The molecule has 1 nitrogen and oxygen atoms in total. The van der Waals surface area contributed by atoms with Crippen LogP contribution in [0.15, 0.2) is 67.3 Å². The summed E-state index contributed by atoms with van der Waals surface area (Å²) in [5, 5.41) is 0. The Hall–Kier alpha value is -2.15. The van der Waals surface area contributed by atoms with E-state index in [4.69, 9.17) is 0 Å². The summed E-state index contributed by atoms with van der Waals surface area (Å²) in [6.45, 7) is 3.59. The van der Waals surface area contributed by atoms with Crippen LogP contribution < -0.4 is 0 Å². The smallest absolute Gasteiger partial charge is 0.166 e. The molecule has 0 aliphatic carbocycles. The predicted octanol–water partition coefficient (Wildman–Crippen LogP) is 4.11. The Morgan fingerprint density at radius 1 is 1.00 bits per heavy atom. The van der Waals surface area contributed by atoms with Crippen LogP contribution in [0.5, 0.6) is 0 Å². The molecule has 17 heavy (non-hydrogen) atoms. The van der Waals surface area contributed by atoms with Crippen molar-refractivity contribution in [1.29, 1.82) is 0 Å². The van der Waals surface area contributed by atoms with Crippen molar-refractivity contribution in [3.63, 3.8) is 0 Å². The minimum atomic E-state index is 0.109. The van der Waals surface area contributed by atoms with Crippen molar-refractivity contribution in [1.82, 2.24) is 0 Å². The van der Waals surface area contributed by atoms with Gasteiger partial charge in [0.25, 0.3) is 0 Å². The van der Waals surface area contributed by atoms with Gasteiger partial charge in [0.1, 0.15) is 0 Å². The maximum atomic E-state index is 11.8. The molecule has 0 bridgehead atoms. The predicted molar refractivity (Wildman–Crippen MR) is 71.0 cm³/mol. The number of rotatable bonds is 4. The fourth-order valence-electron chi connectivity index (χ4n) is 1.75. The third-order valence-corrected chi connectivity index (χ3v) is 2.62. The van der Waals surface area contributed by atoms with Crippen molar-refractivity contribution in [2.75, 3.05) is 0 Å². The molecule has 0 saturated heterocycles. The van der Waals surface area contributed by atoms with Gasteiger partial charge < -0.3 is 0 Å². The molecule has 0 amide bonds. The lowest BCUT2D eigenvalue weighted by atomic mass is 10.0. The molecular weight excluding hydrogens is 208 g/mol. The molecule has 2 aromatic carbocycles. The van der Waals surface area contributed by atoms with Gasteiger partial charge in [-0.2, -0.15) is 0 Å². The van der Waals surface area contributed by atoms with E-state index in [9.17, 15) is 4.79 Å². The number of carbonyl (C=O) groups excluding carboxylic acids is 1. The lowest BCUT2D eigenvalue weighted by Gasteiger charge is -2.04. The lowest BCUT2D eigenvalue weighted by Crippen LogP contribution is -1.96. The SMILES string of the molecule is C=CCC(=O)c1cccc(-c2ccccc2)c1. The largest absolute Gasteiger partial charge is 0.294 e. The van der Waals surface area contributed by atoms with E-state index in [1.54, 1.807) is 6.08 Å². The fraction of sp³-hybridized carbons (Fsp3) is 0.0625.